The number of anilines is 2. The number of nitrogens with one attached hydrogen (secondary N) is 1. The predicted molar refractivity (Wildman–Crippen MR) is 89.5 cm³/mol. The Morgan fingerprint density at radius 2 is 1.74 bits per heavy atom. The molecule has 23 heavy (non-hydrogen) atoms. The normalized spacial score (nSPS) is 10.8. The topological polar surface area (TPSA) is 63.8 Å². The van der Waals surface area contributed by atoms with Crippen molar-refractivity contribution in [2.24, 2.45) is 0 Å². The standard InChI is InChI=1S/C18H14N4O/c1-12-7-8-15-16(9-12)23-17(22-15)13-10-19-18(20-11-13)21-14-5-3-2-4-6-14/h2-11H,1H3,(H,19,20,21). The lowest BCUT2D eigenvalue weighted by molar-refractivity contribution is 0.619. The Labute approximate surface area is 133 Å². The molecule has 0 saturated carbocycles. The molecule has 1 N–H and O–H groups in total. The summed E-state index contributed by atoms with van der Waals surface area (Å²) in [6.07, 6.45) is 3.41. The van der Waals surface area contributed by atoms with Crippen LogP contribution >= 0.6 is 0 Å². The summed E-state index contributed by atoms with van der Waals surface area (Å²) in [7, 11) is 0. The van der Waals surface area contributed by atoms with Crippen LogP contribution in [-0.4, -0.2) is 15.0 Å². The molecule has 0 fully saturated rings. The van der Waals surface area contributed by atoms with Gasteiger partial charge in [0.05, 0.1) is 5.56 Å². The SMILES string of the molecule is Cc1ccc2nc(-c3cnc(Nc4ccccc4)nc3)oc2c1. The van der Waals surface area contributed by atoms with E-state index in [0.29, 0.717) is 11.8 Å². The lowest BCUT2D eigenvalue weighted by Crippen LogP contribution is -1.96. The van der Waals surface area contributed by atoms with Gasteiger partial charge in [-0.2, -0.15) is 0 Å². The van der Waals surface area contributed by atoms with E-state index in [9.17, 15) is 0 Å². The van der Waals surface area contributed by atoms with Crippen molar-refractivity contribution in [3.05, 3.63) is 66.5 Å². The van der Waals surface area contributed by atoms with Gasteiger partial charge >= 0.3 is 0 Å². The first-order chi connectivity index (χ1) is 11.3. The number of hydrogen-bond acceptors (Lipinski definition) is 5. The van der Waals surface area contributed by atoms with Crippen LogP contribution in [0.2, 0.25) is 0 Å². The third-order valence-electron chi connectivity index (χ3n) is 3.47. The minimum absolute atomic E-state index is 0.525. The summed E-state index contributed by atoms with van der Waals surface area (Å²) in [5.74, 6) is 1.06. The fraction of sp³-hybridized carbons (Fsp3) is 0.0556. The van der Waals surface area contributed by atoms with E-state index in [2.05, 4.69) is 20.3 Å². The van der Waals surface area contributed by atoms with Crippen molar-refractivity contribution in [2.45, 2.75) is 6.92 Å². The van der Waals surface area contributed by atoms with Crippen molar-refractivity contribution in [3.8, 4) is 11.5 Å². The van der Waals surface area contributed by atoms with Crippen molar-refractivity contribution < 1.29 is 4.42 Å². The van der Waals surface area contributed by atoms with Crippen LogP contribution < -0.4 is 5.32 Å². The van der Waals surface area contributed by atoms with Crippen LogP contribution in [-0.2, 0) is 0 Å². The third kappa shape index (κ3) is 2.76. The number of oxazole rings is 1. The number of hydrogen-bond donors (Lipinski definition) is 1. The number of fused-ring (bicyclic) bond motifs is 1. The van der Waals surface area contributed by atoms with Gasteiger partial charge < -0.3 is 9.73 Å². The first-order valence-corrected chi connectivity index (χ1v) is 7.30. The zero-order chi connectivity index (χ0) is 15.6. The van der Waals surface area contributed by atoms with Crippen molar-refractivity contribution in [1.82, 2.24) is 15.0 Å². The van der Waals surface area contributed by atoms with Crippen LogP contribution in [0.3, 0.4) is 0 Å². The Balaban J connectivity index is 1.61. The molecule has 5 heteroatoms. The maximum absolute atomic E-state index is 5.78. The largest absolute Gasteiger partial charge is 0.436 e. The Bertz CT molecular complexity index is 946. The van der Waals surface area contributed by atoms with E-state index < -0.39 is 0 Å². The maximum Gasteiger partial charge on any atom is 0.230 e. The van der Waals surface area contributed by atoms with Gasteiger partial charge in [0.15, 0.2) is 5.58 Å². The Kier molecular flexibility index (Phi) is 3.24. The van der Waals surface area contributed by atoms with Crippen molar-refractivity contribution in [1.29, 1.82) is 0 Å². The average Bonchev–Trinajstić information content (AvgIpc) is 2.99. The second kappa shape index (κ2) is 5.53. The van der Waals surface area contributed by atoms with Crippen molar-refractivity contribution in [2.75, 3.05) is 5.32 Å². The molecule has 0 amide bonds. The van der Waals surface area contributed by atoms with Gasteiger partial charge in [-0.15, -0.1) is 0 Å². The molecule has 2 aromatic heterocycles. The summed E-state index contributed by atoms with van der Waals surface area (Å²) < 4.78 is 5.78. The number of rotatable bonds is 3. The molecule has 4 rings (SSSR count). The number of benzene rings is 2. The maximum atomic E-state index is 5.78. The highest BCUT2D eigenvalue weighted by molar-refractivity contribution is 5.76. The van der Waals surface area contributed by atoms with Crippen LogP contribution in [0.4, 0.5) is 11.6 Å². The smallest absolute Gasteiger partial charge is 0.230 e. The van der Waals surface area contributed by atoms with Crippen LogP contribution in [0.5, 0.6) is 0 Å². The molecule has 5 nitrogen and oxygen atoms in total. The highest BCUT2D eigenvalue weighted by atomic mass is 16.3. The summed E-state index contributed by atoms with van der Waals surface area (Å²) in [5, 5.41) is 3.14. The zero-order valence-corrected chi connectivity index (χ0v) is 12.5. The van der Waals surface area contributed by atoms with Gasteiger partial charge in [-0.3, -0.25) is 0 Å². The third-order valence-corrected chi connectivity index (χ3v) is 3.47. The van der Waals surface area contributed by atoms with Crippen LogP contribution in [0, 0.1) is 6.92 Å². The quantitative estimate of drug-likeness (QED) is 0.610. The molecule has 0 aliphatic carbocycles. The molecule has 0 aliphatic heterocycles. The molecule has 2 aromatic carbocycles. The molecule has 0 spiro atoms. The zero-order valence-electron chi connectivity index (χ0n) is 12.5. The fourth-order valence-corrected chi connectivity index (χ4v) is 2.31. The molecular formula is C18H14N4O. The molecule has 4 aromatic rings. The van der Waals surface area contributed by atoms with Gasteiger partial charge in [0.2, 0.25) is 11.8 Å². The predicted octanol–water partition coefficient (Wildman–Crippen LogP) is 4.34. The van der Waals surface area contributed by atoms with Crippen molar-refractivity contribution >= 4 is 22.7 Å². The molecule has 0 atom stereocenters. The Hall–Kier alpha value is -3.21. The van der Waals surface area contributed by atoms with E-state index in [1.54, 1.807) is 12.4 Å². The summed E-state index contributed by atoms with van der Waals surface area (Å²) in [5.41, 5.74) is 4.43. The molecular weight excluding hydrogens is 288 g/mol. The second-order valence-corrected chi connectivity index (χ2v) is 5.28. The Morgan fingerprint density at radius 1 is 0.957 bits per heavy atom. The Morgan fingerprint density at radius 3 is 2.52 bits per heavy atom. The minimum atomic E-state index is 0.525. The highest BCUT2D eigenvalue weighted by Gasteiger charge is 2.09. The molecule has 0 bridgehead atoms. The minimum Gasteiger partial charge on any atom is -0.436 e. The highest BCUT2D eigenvalue weighted by Crippen LogP contribution is 2.24. The van der Waals surface area contributed by atoms with E-state index in [1.165, 1.54) is 0 Å². The van der Waals surface area contributed by atoms with Crippen LogP contribution in [0.25, 0.3) is 22.6 Å². The van der Waals surface area contributed by atoms with Crippen molar-refractivity contribution in [3.63, 3.8) is 0 Å². The summed E-state index contributed by atoms with van der Waals surface area (Å²) in [4.78, 5) is 13.1. The van der Waals surface area contributed by atoms with Gasteiger partial charge in [-0.1, -0.05) is 24.3 Å². The first kappa shape index (κ1) is 13.5. The number of aromatic nitrogens is 3. The van der Waals surface area contributed by atoms with Gasteiger partial charge in [-0.25, -0.2) is 15.0 Å². The molecule has 112 valence electrons. The van der Waals surface area contributed by atoms with Crippen LogP contribution in [0.1, 0.15) is 5.56 Å². The van der Waals surface area contributed by atoms with Crippen LogP contribution in [0.15, 0.2) is 65.3 Å². The van der Waals surface area contributed by atoms with E-state index in [0.717, 1.165) is 27.9 Å². The van der Waals surface area contributed by atoms with Gasteiger partial charge in [0.25, 0.3) is 0 Å². The van der Waals surface area contributed by atoms with Gasteiger partial charge in [-0.05, 0) is 36.8 Å². The second-order valence-electron chi connectivity index (χ2n) is 5.28. The van der Waals surface area contributed by atoms with Gasteiger partial charge in [0.1, 0.15) is 5.52 Å². The fourth-order valence-electron chi connectivity index (χ4n) is 2.31. The molecule has 0 radical (unpaired) electrons. The van der Waals surface area contributed by atoms with Gasteiger partial charge in [0, 0.05) is 18.1 Å². The summed E-state index contributed by atoms with van der Waals surface area (Å²) in [6, 6.07) is 15.7. The number of para-hydroxylation sites is 1. The summed E-state index contributed by atoms with van der Waals surface area (Å²) >= 11 is 0. The molecule has 0 unspecified atom stereocenters. The van der Waals surface area contributed by atoms with E-state index in [-0.39, 0.29) is 0 Å². The van der Waals surface area contributed by atoms with E-state index in [4.69, 9.17) is 4.42 Å². The number of nitrogens with zero attached hydrogens (tertiary/aromatic N) is 3. The average molecular weight is 302 g/mol. The lowest BCUT2D eigenvalue weighted by Gasteiger charge is -2.03. The molecule has 2 heterocycles. The van der Waals surface area contributed by atoms with E-state index in [1.807, 2.05) is 55.5 Å². The monoisotopic (exact) mass is 302 g/mol. The molecule has 0 aliphatic rings. The molecule has 0 saturated heterocycles. The van der Waals surface area contributed by atoms with E-state index >= 15 is 0 Å². The summed E-state index contributed by atoms with van der Waals surface area (Å²) in [6.45, 7) is 2.02. The first-order valence-electron chi connectivity index (χ1n) is 7.30. The number of aryl methyl sites for hydroxylation is 1. The lowest BCUT2D eigenvalue weighted by atomic mass is 10.2.